The molecule has 0 aromatic heterocycles. The van der Waals surface area contributed by atoms with Gasteiger partial charge in [0.05, 0.1) is 19.1 Å². The number of carbonyl (C=O) groups excluding carboxylic acids is 2. The number of rotatable bonds is 4. The lowest BCUT2D eigenvalue weighted by atomic mass is 9.93. The molecule has 0 heterocycles. The summed E-state index contributed by atoms with van der Waals surface area (Å²) in [4.78, 5) is 23.0. The SMILES string of the molecule is COC(=O)CC(C)C(=O)c1ccccc1C(F)(F)F. The maximum atomic E-state index is 12.8. The molecule has 0 aliphatic heterocycles. The van der Waals surface area contributed by atoms with E-state index in [-0.39, 0.29) is 6.42 Å². The van der Waals surface area contributed by atoms with E-state index in [2.05, 4.69) is 4.74 Å². The second-order valence-corrected chi connectivity index (χ2v) is 4.09. The molecule has 1 rings (SSSR count). The predicted molar refractivity (Wildman–Crippen MR) is 61.6 cm³/mol. The van der Waals surface area contributed by atoms with Crippen LogP contribution in [0.4, 0.5) is 13.2 Å². The minimum atomic E-state index is -4.60. The molecule has 6 heteroatoms. The number of halogens is 3. The summed E-state index contributed by atoms with van der Waals surface area (Å²) in [6.45, 7) is 1.40. The zero-order valence-electron chi connectivity index (χ0n) is 10.5. The van der Waals surface area contributed by atoms with E-state index >= 15 is 0 Å². The van der Waals surface area contributed by atoms with Gasteiger partial charge in [-0.05, 0) is 6.07 Å². The normalized spacial score (nSPS) is 12.9. The molecule has 0 aliphatic carbocycles. The Kier molecular flexibility index (Phi) is 4.69. The largest absolute Gasteiger partial charge is 0.469 e. The number of ether oxygens (including phenoxy) is 1. The Labute approximate surface area is 108 Å². The van der Waals surface area contributed by atoms with Crippen LogP contribution in [-0.4, -0.2) is 18.9 Å². The van der Waals surface area contributed by atoms with E-state index < -0.39 is 35.0 Å². The second-order valence-electron chi connectivity index (χ2n) is 4.09. The summed E-state index contributed by atoms with van der Waals surface area (Å²) in [7, 11) is 1.16. The van der Waals surface area contributed by atoms with Gasteiger partial charge in [-0.3, -0.25) is 9.59 Å². The minimum absolute atomic E-state index is 0.248. The fourth-order valence-corrected chi connectivity index (χ4v) is 1.64. The molecule has 0 spiro atoms. The summed E-state index contributed by atoms with van der Waals surface area (Å²) in [6, 6.07) is 4.52. The Morgan fingerprint density at radius 2 is 1.84 bits per heavy atom. The number of benzene rings is 1. The zero-order chi connectivity index (χ0) is 14.6. The topological polar surface area (TPSA) is 43.4 Å². The van der Waals surface area contributed by atoms with Gasteiger partial charge >= 0.3 is 12.1 Å². The molecule has 1 aromatic carbocycles. The van der Waals surface area contributed by atoms with Crippen molar-refractivity contribution >= 4 is 11.8 Å². The van der Waals surface area contributed by atoms with Crippen molar-refractivity contribution in [2.24, 2.45) is 5.92 Å². The minimum Gasteiger partial charge on any atom is -0.469 e. The molecule has 0 fully saturated rings. The molecular weight excluding hydrogens is 261 g/mol. The first-order valence-corrected chi connectivity index (χ1v) is 5.54. The van der Waals surface area contributed by atoms with Gasteiger partial charge in [-0.1, -0.05) is 25.1 Å². The Morgan fingerprint density at radius 1 is 1.26 bits per heavy atom. The van der Waals surface area contributed by atoms with Gasteiger partial charge in [-0.15, -0.1) is 0 Å². The van der Waals surface area contributed by atoms with Crippen LogP contribution in [-0.2, 0) is 15.7 Å². The van der Waals surface area contributed by atoms with Crippen LogP contribution in [0, 0.1) is 5.92 Å². The molecule has 0 saturated carbocycles. The van der Waals surface area contributed by atoms with Crippen molar-refractivity contribution in [3.63, 3.8) is 0 Å². The summed E-state index contributed by atoms with van der Waals surface area (Å²) in [5.41, 5.74) is -1.41. The van der Waals surface area contributed by atoms with Crippen LogP contribution in [0.15, 0.2) is 24.3 Å². The van der Waals surface area contributed by atoms with Crippen molar-refractivity contribution in [1.82, 2.24) is 0 Å². The zero-order valence-corrected chi connectivity index (χ0v) is 10.5. The average molecular weight is 274 g/mol. The molecule has 0 radical (unpaired) electrons. The van der Waals surface area contributed by atoms with Crippen LogP contribution >= 0.6 is 0 Å². The third-order valence-corrected chi connectivity index (χ3v) is 2.65. The lowest BCUT2D eigenvalue weighted by Crippen LogP contribution is -2.20. The lowest BCUT2D eigenvalue weighted by Gasteiger charge is -2.14. The molecule has 0 saturated heterocycles. The maximum absolute atomic E-state index is 12.8. The summed E-state index contributed by atoms with van der Waals surface area (Å²) in [5, 5.41) is 0. The van der Waals surface area contributed by atoms with E-state index in [4.69, 9.17) is 0 Å². The van der Waals surface area contributed by atoms with Crippen LogP contribution in [0.25, 0.3) is 0 Å². The van der Waals surface area contributed by atoms with Crippen molar-refractivity contribution in [2.75, 3.05) is 7.11 Å². The number of Topliss-reactive ketones (excluding diaryl/α,β-unsaturated/α-hetero) is 1. The number of methoxy groups -OCH3 is 1. The summed E-state index contributed by atoms with van der Waals surface area (Å²) in [6.07, 6.45) is -4.85. The first kappa shape index (κ1) is 15.2. The fourth-order valence-electron chi connectivity index (χ4n) is 1.64. The van der Waals surface area contributed by atoms with Crippen LogP contribution in [0.2, 0.25) is 0 Å². The monoisotopic (exact) mass is 274 g/mol. The van der Waals surface area contributed by atoms with Crippen molar-refractivity contribution in [3.8, 4) is 0 Å². The Hall–Kier alpha value is -1.85. The summed E-state index contributed by atoms with van der Waals surface area (Å²) in [5.74, 6) is -2.22. The van der Waals surface area contributed by atoms with Gasteiger partial charge in [0.15, 0.2) is 5.78 Å². The molecule has 0 bridgehead atoms. The molecule has 3 nitrogen and oxygen atoms in total. The third kappa shape index (κ3) is 3.81. The Morgan fingerprint density at radius 3 is 2.37 bits per heavy atom. The number of ketones is 1. The van der Waals surface area contributed by atoms with Crippen molar-refractivity contribution < 1.29 is 27.5 Å². The van der Waals surface area contributed by atoms with Crippen molar-refractivity contribution in [3.05, 3.63) is 35.4 Å². The quantitative estimate of drug-likeness (QED) is 0.626. The van der Waals surface area contributed by atoms with E-state index in [0.717, 1.165) is 19.2 Å². The Bertz CT molecular complexity index is 480. The highest BCUT2D eigenvalue weighted by molar-refractivity contribution is 6.00. The summed E-state index contributed by atoms with van der Waals surface area (Å²) >= 11 is 0. The van der Waals surface area contributed by atoms with Gasteiger partial charge in [-0.2, -0.15) is 13.2 Å². The van der Waals surface area contributed by atoms with Crippen LogP contribution < -0.4 is 0 Å². The highest BCUT2D eigenvalue weighted by Crippen LogP contribution is 2.33. The maximum Gasteiger partial charge on any atom is 0.417 e. The number of carbonyl (C=O) groups is 2. The van der Waals surface area contributed by atoms with Gasteiger partial charge in [0.1, 0.15) is 0 Å². The highest BCUT2D eigenvalue weighted by atomic mass is 19.4. The van der Waals surface area contributed by atoms with E-state index in [9.17, 15) is 22.8 Å². The van der Waals surface area contributed by atoms with E-state index in [1.165, 1.54) is 19.1 Å². The number of esters is 1. The molecule has 0 aliphatic rings. The number of hydrogen-bond donors (Lipinski definition) is 0. The standard InChI is InChI=1S/C13H13F3O3/c1-8(7-11(17)19-2)12(18)9-5-3-4-6-10(9)13(14,15)16/h3-6,8H,7H2,1-2H3. The van der Waals surface area contributed by atoms with Gasteiger partial charge < -0.3 is 4.74 Å². The number of hydrogen-bond acceptors (Lipinski definition) is 3. The third-order valence-electron chi connectivity index (χ3n) is 2.65. The Balaban J connectivity index is 3.03. The van der Waals surface area contributed by atoms with Gasteiger partial charge in [-0.25, -0.2) is 0 Å². The lowest BCUT2D eigenvalue weighted by molar-refractivity contribution is -0.141. The van der Waals surface area contributed by atoms with Gasteiger partial charge in [0.25, 0.3) is 0 Å². The molecule has 19 heavy (non-hydrogen) atoms. The molecule has 1 unspecified atom stereocenters. The van der Waals surface area contributed by atoms with Crippen LogP contribution in [0.5, 0.6) is 0 Å². The molecule has 1 aromatic rings. The molecule has 104 valence electrons. The van der Waals surface area contributed by atoms with Gasteiger partial charge in [0, 0.05) is 11.5 Å². The van der Waals surface area contributed by atoms with Crippen LogP contribution in [0.1, 0.15) is 29.3 Å². The fraction of sp³-hybridized carbons (Fsp3) is 0.385. The van der Waals surface area contributed by atoms with Gasteiger partial charge in [0.2, 0.25) is 0 Å². The molecule has 0 amide bonds. The number of alkyl halides is 3. The van der Waals surface area contributed by atoms with E-state index in [0.29, 0.717) is 0 Å². The average Bonchev–Trinajstić information content (AvgIpc) is 2.36. The van der Waals surface area contributed by atoms with Crippen molar-refractivity contribution in [2.45, 2.75) is 19.5 Å². The van der Waals surface area contributed by atoms with Crippen molar-refractivity contribution in [1.29, 1.82) is 0 Å². The van der Waals surface area contributed by atoms with E-state index in [1.807, 2.05) is 0 Å². The highest BCUT2D eigenvalue weighted by Gasteiger charge is 2.35. The first-order valence-electron chi connectivity index (χ1n) is 5.54. The predicted octanol–water partition coefficient (Wildman–Crippen LogP) is 3.09. The summed E-state index contributed by atoms with van der Waals surface area (Å²) < 4.78 is 42.7. The van der Waals surface area contributed by atoms with Crippen LogP contribution in [0.3, 0.4) is 0 Å². The molecule has 1 atom stereocenters. The van der Waals surface area contributed by atoms with E-state index in [1.54, 1.807) is 0 Å². The first-order chi connectivity index (χ1) is 8.77. The molecular formula is C13H13F3O3. The molecule has 0 N–H and O–H groups in total. The smallest absolute Gasteiger partial charge is 0.417 e. The second kappa shape index (κ2) is 5.86.